The van der Waals surface area contributed by atoms with Crippen LogP contribution in [0.15, 0.2) is 36.7 Å². The third-order valence-electron chi connectivity index (χ3n) is 2.35. The molecule has 0 amide bonds. The van der Waals surface area contributed by atoms with Crippen molar-refractivity contribution in [3.8, 4) is 0 Å². The highest BCUT2D eigenvalue weighted by molar-refractivity contribution is 5.68. The lowest BCUT2D eigenvalue weighted by molar-refractivity contribution is 1.05. The molecule has 80 valence electrons. The molecule has 2 nitrogen and oxygen atoms in total. The quantitative estimate of drug-likeness (QED) is 0.760. The molecule has 1 aromatic carbocycles. The summed E-state index contributed by atoms with van der Waals surface area (Å²) in [7, 11) is 0. The Kier molecular flexibility index (Phi) is 3.10. The zero-order valence-electron chi connectivity index (χ0n) is 9.51. The van der Waals surface area contributed by atoms with Crippen LogP contribution < -0.4 is 0 Å². The highest BCUT2D eigenvalue weighted by Crippen LogP contribution is 2.08. The molecule has 0 saturated carbocycles. The first-order chi connectivity index (χ1) is 7.74. The summed E-state index contributed by atoms with van der Waals surface area (Å²) in [6.45, 7) is 3.97. The Balaban J connectivity index is 2.15. The molecule has 0 aliphatic carbocycles. The van der Waals surface area contributed by atoms with Crippen LogP contribution in [0.1, 0.15) is 22.5 Å². The van der Waals surface area contributed by atoms with Gasteiger partial charge >= 0.3 is 0 Å². The fraction of sp³-hybridized carbons (Fsp3) is 0.143. The van der Waals surface area contributed by atoms with Crippen LogP contribution in [0.25, 0.3) is 12.2 Å². The molecule has 0 radical (unpaired) electrons. The first kappa shape index (κ1) is 10.6. The molecular weight excluding hydrogens is 196 g/mol. The maximum Gasteiger partial charge on any atom is 0.125 e. The van der Waals surface area contributed by atoms with Gasteiger partial charge in [0.05, 0.1) is 0 Å². The predicted molar refractivity (Wildman–Crippen MR) is 66.9 cm³/mol. The van der Waals surface area contributed by atoms with Gasteiger partial charge in [-0.3, -0.25) is 0 Å². The Morgan fingerprint density at radius 1 is 0.812 bits per heavy atom. The second-order valence-corrected chi connectivity index (χ2v) is 3.81. The lowest BCUT2D eigenvalue weighted by Gasteiger charge is -1.95. The van der Waals surface area contributed by atoms with Gasteiger partial charge < -0.3 is 0 Å². The van der Waals surface area contributed by atoms with Gasteiger partial charge in [0.15, 0.2) is 0 Å². The van der Waals surface area contributed by atoms with Crippen LogP contribution in [0.2, 0.25) is 0 Å². The molecule has 2 rings (SSSR count). The van der Waals surface area contributed by atoms with Gasteiger partial charge in [-0.2, -0.15) is 0 Å². The van der Waals surface area contributed by atoms with Crippen LogP contribution in [0.5, 0.6) is 0 Å². The molecule has 0 saturated heterocycles. The van der Waals surface area contributed by atoms with Crippen LogP contribution in [0.3, 0.4) is 0 Å². The summed E-state index contributed by atoms with van der Waals surface area (Å²) in [5, 5.41) is 0. The van der Waals surface area contributed by atoms with E-state index in [-0.39, 0.29) is 0 Å². The monoisotopic (exact) mass is 210 g/mol. The van der Waals surface area contributed by atoms with Crippen LogP contribution in [-0.2, 0) is 0 Å². The van der Waals surface area contributed by atoms with Gasteiger partial charge in [-0.15, -0.1) is 0 Å². The molecule has 0 fully saturated rings. The topological polar surface area (TPSA) is 25.8 Å². The minimum absolute atomic E-state index is 0.799. The predicted octanol–water partition coefficient (Wildman–Crippen LogP) is 3.26. The number of benzene rings is 1. The molecule has 0 atom stereocenters. The molecule has 0 N–H and O–H groups in total. The Hall–Kier alpha value is -1.96. The number of hydrogen-bond donors (Lipinski definition) is 0. The van der Waals surface area contributed by atoms with Crippen molar-refractivity contribution in [2.75, 3.05) is 0 Å². The minimum Gasteiger partial charge on any atom is -0.241 e. The van der Waals surface area contributed by atoms with Gasteiger partial charge in [-0.25, -0.2) is 9.97 Å². The minimum atomic E-state index is 0.799. The Morgan fingerprint density at radius 2 is 1.38 bits per heavy atom. The summed E-state index contributed by atoms with van der Waals surface area (Å²) in [5.74, 6) is 0.799. The molecule has 1 aromatic heterocycles. The molecule has 0 spiro atoms. The van der Waals surface area contributed by atoms with Gasteiger partial charge in [0.1, 0.15) is 5.82 Å². The zero-order valence-corrected chi connectivity index (χ0v) is 9.51. The average molecular weight is 210 g/mol. The maximum atomic E-state index is 4.14. The van der Waals surface area contributed by atoms with Crippen molar-refractivity contribution in [2.24, 2.45) is 0 Å². The van der Waals surface area contributed by atoms with Crippen molar-refractivity contribution < 1.29 is 0 Å². The smallest absolute Gasteiger partial charge is 0.125 e. The van der Waals surface area contributed by atoms with Crippen LogP contribution in [0.4, 0.5) is 0 Å². The van der Waals surface area contributed by atoms with E-state index in [1.807, 2.05) is 25.4 Å². The Bertz CT molecular complexity index is 434. The summed E-state index contributed by atoms with van der Waals surface area (Å²) in [6, 6.07) is 8.40. The number of rotatable bonds is 2. The molecule has 0 aliphatic rings. The van der Waals surface area contributed by atoms with E-state index >= 15 is 0 Å². The van der Waals surface area contributed by atoms with Gasteiger partial charge in [0, 0.05) is 18.0 Å². The standard InChI is InChI=1S/C14H14N2/c1-11-3-5-13(6-4-11)7-8-14-9-15-12(2)16-10-14/h3-10H,1-2H3. The van der Waals surface area contributed by atoms with Gasteiger partial charge in [0.2, 0.25) is 0 Å². The Morgan fingerprint density at radius 3 is 2.00 bits per heavy atom. The van der Waals surface area contributed by atoms with Crippen molar-refractivity contribution in [1.82, 2.24) is 9.97 Å². The van der Waals surface area contributed by atoms with E-state index in [1.165, 1.54) is 11.1 Å². The normalized spacial score (nSPS) is 10.9. The van der Waals surface area contributed by atoms with Crippen LogP contribution >= 0.6 is 0 Å². The highest BCUT2D eigenvalue weighted by atomic mass is 14.8. The van der Waals surface area contributed by atoms with E-state index in [0.29, 0.717) is 0 Å². The third-order valence-corrected chi connectivity index (χ3v) is 2.35. The summed E-state index contributed by atoms with van der Waals surface area (Å²) in [6.07, 6.45) is 7.73. The van der Waals surface area contributed by atoms with Crippen molar-refractivity contribution >= 4 is 12.2 Å². The Labute approximate surface area is 95.7 Å². The SMILES string of the molecule is Cc1ccc(C=Cc2cnc(C)nc2)cc1. The average Bonchev–Trinajstić information content (AvgIpc) is 2.30. The number of aryl methyl sites for hydroxylation is 2. The highest BCUT2D eigenvalue weighted by Gasteiger charge is 1.90. The van der Waals surface area contributed by atoms with Crippen LogP contribution in [0, 0.1) is 13.8 Å². The molecule has 1 heterocycles. The summed E-state index contributed by atoms with van der Waals surface area (Å²) in [4.78, 5) is 8.29. The molecule has 0 unspecified atom stereocenters. The van der Waals surface area contributed by atoms with Crippen molar-refractivity contribution in [2.45, 2.75) is 13.8 Å². The second-order valence-electron chi connectivity index (χ2n) is 3.81. The van der Waals surface area contributed by atoms with E-state index in [9.17, 15) is 0 Å². The lowest BCUT2D eigenvalue weighted by Crippen LogP contribution is -1.85. The largest absolute Gasteiger partial charge is 0.241 e. The second kappa shape index (κ2) is 4.71. The molecule has 0 aliphatic heterocycles. The first-order valence-electron chi connectivity index (χ1n) is 5.27. The zero-order chi connectivity index (χ0) is 11.4. The first-order valence-corrected chi connectivity index (χ1v) is 5.27. The molecule has 0 bridgehead atoms. The molecule has 2 aromatic rings. The van der Waals surface area contributed by atoms with Gasteiger partial charge in [-0.05, 0) is 19.4 Å². The van der Waals surface area contributed by atoms with Crippen molar-refractivity contribution in [1.29, 1.82) is 0 Å². The van der Waals surface area contributed by atoms with E-state index in [4.69, 9.17) is 0 Å². The lowest BCUT2D eigenvalue weighted by atomic mass is 10.1. The van der Waals surface area contributed by atoms with Crippen LogP contribution in [-0.4, -0.2) is 9.97 Å². The summed E-state index contributed by atoms with van der Waals surface area (Å²) >= 11 is 0. The van der Waals surface area contributed by atoms with E-state index in [1.54, 1.807) is 0 Å². The number of hydrogen-bond acceptors (Lipinski definition) is 2. The summed E-state index contributed by atoms with van der Waals surface area (Å²) in [5.41, 5.74) is 3.48. The van der Waals surface area contributed by atoms with Gasteiger partial charge in [-0.1, -0.05) is 42.0 Å². The fourth-order valence-corrected chi connectivity index (χ4v) is 1.36. The molecular formula is C14H14N2. The number of aromatic nitrogens is 2. The van der Waals surface area contributed by atoms with E-state index in [0.717, 1.165) is 11.4 Å². The maximum absolute atomic E-state index is 4.14. The molecule has 2 heteroatoms. The van der Waals surface area contributed by atoms with E-state index < -0.39 is 0 Å². The van der Waals surface area contributed by atoms with Crippen molar-refractivity contribution in [3.05, 3.63) is 59.2 Å². The fourth-order valence-electron chi connectivity index (χ4n) is 1.36. The third kappa shape index (κ3) is 2.76. The van der Waals surface area contributed by atoms with E-state index in [2.05, 4.69) is 47.2 Å². The molecule has 16 heavy (non-hydrogen) atoms. The summed E-state index contributed by atoms with van der Waals surface area (Å²) < 4.78 is 0. The van der Waals surface area contributed by atoms with Gasteiger partial charge in [0.25, 0.3) is 0 Å². The number of nitrogens with zero attached hydrogens (tertiary/aromatic N) is 2. The van der Waals surface area contributed by atoms with Crippen molar-refractivity contribution in [3.63, 3.8) is 0 Å².